The Morgan fingerprint density at radius 2 is 2.00 bits per heavy atom. The summed E-state index contributed by atoms with van der Waals surface area (Å²) < 4.78 is 0. The lowest BCUT2D eigenvalue weighted by Gasteiger charge is -2.35. The summed E-state index contributed by atoms with van der Waals surface area (Å²) in [6, 6.07) is 9.49. The molecule has 2 aliphatic heterocycles. The molecule has 6 nitrogen and oxygen atoms in total. The molecule has 1 atom stereocenters. The van der Waals surface area contributed by atoms with E-state index in [-0.39, 0.29) is 10.6 Å². The first-order valence-electron chi connectivity index (χ1n) is 8.74. The van der Waals surface area contributed by atoms with Crippen molar-refractivity contribution >= 4 is 22.4 Å². The Hall–Kier alpha value is -2.21. The second kappa shape index (κ2) is 6.36. The monoisotopic (exact) mass is 326 g/mol. The van der Waals surface area contributed by atoms with Crippen molar-refractivity contribution in [1.82, 2.24) is 10.3 Å². The lowest BCUT2D eigenvalue weighted by atomic mass is 9.88. The SMILES string of the molecule is O=[N+]([O-])c1ccc2nc(N3CCC(C4CCCN4)CC3)ccc2c1. The Morgan fingerprint density at radius 3 is 2.71 bits per heavy atom. The van der Waals surface area contributed by atoms with Crippen LogP contribution in [-0.4, -0.2) is 35.6 Å². The smallest absolute Gasteiger partial charge is 0.270 e. The van der Waals surface area contributed by atoms with Gasteiger partial charge in [-0.2, -0.15) is 0 Å². The third-order valence-electron chi connectivity index (χ3n) is 5.40. The minimum Gasteiger partial charge on any atom is -0.357 e. The quantitative estimate of drug-likeness (QED) is 0.693. The lowest BCUT2D eigenvalue weighted by molar-refractivity contribution is -0.384. The van der Waals surface area contributed by atoms with Crippen molar-refractivity contribution in [3.05, 3.63) is 40.4 Å². The molecule has 0 spiro atoms. The van der Waals surface area contributed by atoms with Crippen LogP contribution in [0.1, 0.15) is 25.7 Å². The van der Waals surface area contributed by atoms with Gasteiger partial charge in [0.25, 0.3) is 5.69 Å². The van der Waals surface area contributed by atoms with Gasteiger partial charge in [0.05, 0.1) is 10.4 Å². The summed E-state index contributed by atoms with van der Waals surface area (Å²) in [5, 5.41) is 15.3. The largest absolute Gasteiger partial charge is 0.357 e. The van der Waals surface area contributed by atoms with E-state index >= 15 is 0 Å². The zero-order valence-corrected chi connectivity index (χ0v) is 13.6. The number of aromatic nitrogens is 1. The third-order valence-corrected chi connectivity index (χ3v) is 5.40. The van der Waals surface area contributed by atoms with E-state index in [0.717, 1.165) is 35.7 Å². The minimum absolute atomic E-state index is 0.113. The first-order chi connectivity index (χ1) is 11.7. The van der Waals surface area contributed by atoms with E-state index in [1.165, 1.54) is 38.3 Å². The third kappa shape index (κ3) is 2.94. The number of nitro benzene ring substituents is 1. The number of nitrogens with zero attached hydrogens (tertiary/aromatic N) is 3. The van der Waals surface area contributed by atoms with Crippen LogP contribution in [0.15, 0.2) is 30.3 Å². The molecule has 0 radical (unpaired) electrons. The van der Waals surface area contributed by atoms with Crippen LogP contribution in [0.4, 0.5) is 11.5 Å². The van der Waals surface area contributed by atoms with E-state index in [0.29, 0.717) is 6.04 Å². The molecule has 4 rings (SSSR count). The molecular formula is C18H22N4O2. The highest BCUT2D eigenvalue weighted by Gasteiger charge is 2.28. The van der Waals surface area contributed by atoms with E-state index in [2.05, 4.69) is 10.2 Å². The highest BCUT2D eigenvalue weighted by atomic mass is 16.6. The first-order valence-corrected chi connectivity index (χ1v) is 8.74. The van der Waals surface area contributed by atoms with Crippen LogP contribution in [0.5, 0.6) is 0 Å². The number of benzene rings is 1. The molecule has 2 aromatic rings. The number of non-ortho nitro benzene ring substituents is 1. The maximum absolute atomic E-state index is 10.9. The second-order valence-electron chi connectivity index (χ2n) is 6.83. The van der Waals surface area contributed by atoms with Crippen molar-refractivity contribution in [3.8, 4) is 0 Å². The van der Waals surface area contributed by atoms with Crippen LogP contribution in [0.2, 0.25) is 0 Å². The van der Waals surface area contributed by atoms with Crippen LogP contribution in [0, 0.1) is 16.0 Å². The van der Waals surface area contributed by atoms with Gasteiger partial charge in [-0.15, -0.1) is 0 Å². The summed E-state index contributed by atoms with van der Waals surface area (Å²) >= 11 is 0. The molecule has 1 N–H and O–H groups in total. The highest BCUT2D eigenvalue weighted by Crippen LogP contribution is 2.29. The molecular weight excluding hydrogens is 304 g/mol. The zero-order valence-electron chi connectivity index (χ0n) is 13.6. The number of piperidine rings is 1. The lowest BCUT2D eigenvalue weighted by Crippen LogP contribution is -2.41. The average Bonchev–Trinajstić information content (AvgIpc) is 3.15. The van der Waals surface area contributed by atoms with Gasteiger partial charge in [-0.3, -0.25) is 10.1 Å². The molecule has 1 aromatic carbocycles. The summed E-state index contributed by atoms with van der Waals surface area (Å²) in [5.41, 5.74) is 0.930. The number of nitro groups is 1. The van der Waals surface area contributed by atoms with E-state index < -0.39 is 0 Å². The molecule has 0 amide bonds. The van der Waals surface area contributed by atoms with E-state index in [1.54, 1.807) is 12.1 Å². The van der Waals surface area contributed by atoms with Crippen molar-refractivity contribution in [2.75, 3.05) is 24.5 Å². The molecule has 2 aliphatic rings. The predicted octanol–water partition coefficient (Wildman–Crippen LogP) is 3.11. The van der Waals surface area contributed by atoms with Crippen LogP contribution < -0.4 is 10.2 Å². The summed E-state index contributed by atoms with van der Waals surface area (Å²) in [6.45, 7) is 3.24. The van der Waals surface area contributed by atoms with Crippen LogP contribution in [0.3, 0.4) is 0 Å². The number of rotatable bonds is 3. The molecule has 1 unspecified atom stereocenters. The van der Waals surface area contributed by atoms with Gasteiger partial charge in [-0.05, 0) is 56.3 Å². The van der Waals surface area contributed by atoms with Crippen molar-refractivity contribution in [2.45, 2.75) is 31.7 Å². The highest BCUT2D eigenvalue weighted by molar-refractivity contribution is 5.82. The minimum atomic E-state index is -0.366. The van der Waals surface area contributed by atoms with Gasteiger partial charge in [-0.1, -0.05) is 0 Å². The summed E-state index contributed by atoms with van der Waals surface area (Å²) in [6.07, 6.45) is 5.04. The van der Waals surface area contributed by atoms with Crippen molar-refractivity contribution in [3.63, 3.8) is 0 Å². The van der Waals surface area contributed by atoms with Gasteiger partial charge >= 0.3 is 0 Å². The van der Waals surface area contributed by atoms with E-state index in [4.69, 9.17) is 4.98 Å². The molecule has 6 heteroatoms. The molecule has 24 heavy (non-hydrogen) atoms. The van der Waals surface area contributed by atoms with Crippen LogP contribution in [-0.2, 0) is 0 Å². The number of hydrogen-bond donors (Lipinski definition) is 1. The molecule has 0 saturated carbocycles. The Balaban J connectivity index is 1.48. The van der Waals surface area contributed by atoms with Gasteiger partial charge in [-0.25, -0.2) is 4.98 Å². The standard InChI is InChI=1S/C18H22N4O2/c23-22(24)15-4-5-17-14(12-15)3-6-18(20-17)21-10-7-13(8-11-21)16-2-1-9-19-16/h3-6,12-13,16,19H,1-2,7-11H2. The summed E-state index contributed by atoms with van der Waals surface area (Å²) in [4.78, 5) is 17.6. The van der Waals surface area contributed by atoms with Gasteiger partial charge in [0, 0.05) is 36.7 Å². The summed E-state index contributed by atoms with van der Waals surface area (Å²) in [7, 11) is 0. The van der Waals surface area contributed by atoms with Gasteiger partial charge in [0.15, 0.2) is 0 Å². The number of nitrogens with one attached hydrogen (secondary N) is 1. The predicted molar refractivity (Wildman–Crippen MR) is 94.4 cm³/mol. The Bertz CT molecular complexity index is 750. The Kier molecular flexibility index (Phi) is 4.06. The molecule has 0 bridgehead atoms. The molecule has 0 aliphatic carbocycles. The number of hydrogen-bond acceptors (Lipinski definition) is 5. The molecule has 126 valence electrons. The average molecular weight is 326 g/mol. The Morgan fingerprint density at radius 1 is 1.17 bits per heavy atom. The van der Waals surface area contributed by atoms with Crippen LogP contribution in [0.25, 0.3) is 10.9 Å². The van der Waals surface area contributed by atoms with E-state index in [1.807, 2.05) is 12.1 Å². The van der Waals surface area contributed by atoms with Crippen molar-refractivity contribution in [1.29, 1.82) is 0 Å². The van der Waals surface area contributed by atoms with Gasteiger partial charge < -0.3 is 10.2 Å². The fourth-order valence-electron chi connectivity index (χ4n) is 4.04. The number of anilines is 1. The van der Waals surface area contributed by atoms with Crippen molar-refractivity contribution < 1.29 is 4.92 Å². The van der Waals surface area contributed by atoms with Gasteiger partial charge in [0.2, 0.25) is 0 Å². The zero-order chi connectivity index (χ0) is 16.5. The van der Waals surface area contributed by atoms with Gasteiger partial charge in [0.1, 0.15) is 5.82 Å². The van der Waals surface area contributed by atoms with E-state index in [9.17, 15) is 10.1 Å². The fraction of sp³-hybridized carbons (Fsp3) is 0.500. The number of fused-ring (bicyclic) bond motifs is 1. The topological polar surface area (TPSA) is 71.3 Å². The maximum atomic E-state index is 10.9. The van der Waals surface area contributed by atoms with Crippen LogP contribution >= 0.6 is 0 Å². The molecule has 2 fully saturated rings. The molecule has 1 aromatic heterocycles. The maximum Gasteiger partial charge on any atom is 0.270 e. The normalized spacial score (nSPS) is 22.2. The second-order valence-corrected chi connectivity index (χ2v) is 6.83. The fourth-order valence-corrected chi connectivity index (χ4v) is 4.04. The molecule has 3 heterocycles. The first kappa shape index (κ1) is 15.3. The van der Waals surface area contributed by atoms with Crippen molar-refractivity contribution in [2.24, 2.45) is 5.92 Å². The Labute approximate surface area is 141 Å². The molecule has 2 saturated heterocycles. The summed E-state index contributed by atoms with van der Waals surface area (Å²) in [5.74, 6) is 1.76. The number of pyridine rings is 1.